The van der Waals surface area contributed by atoms with Crippen molar-refractivity contribution in [1.29, 1.82) is 0 Å². The van der Waals surface area contributed by atoms with Gasteiger partial charge in [0.25, 0.3) is 5.56 Å². The van der Waals surface area contributed by atoms with Gasteiger partial charge in [0.1, 0.15) is 5.82 Å². The molecule has 0 bridgehead atoms. The summed E-state index contributed by atoms with van der Waals surface area (Å²) in [6.07, 6.45) is 0. The summed E-state index contributed by atoms with van der Waals surface area (Å²) in [5.41, 5.74) is 2.17. The van der Waals surface area contributed by atoms with Crippen molar-refractivity contribution in [2.45, 2.75) is 6.92 Å². The molecule has 0 amide bonds. The molecule has 2 heterocycles. The monoisotopic (exact) mass is 261 g/mol. The molecule has 0 aliphatic heterocycles. The number of hydrogen-bond acceptors (Lipinski definition) is 3. The number of para-hydroxylation sites is 2. The van der Waals surface area contributed by atoms with Gasteiger partial charge in [-0.15, -0.1) is 0 Å². The standard InChI is InChI=1S/C16H11N3O/c1-10-17-13-8-4-2-6-11(13)15-18-14-9-5-3-7-12(14)16(20)19(10)15/h2-9H,1H3. The lowest BCUT2D eigenvalue weighted by Gasteiger charge is -2.08. The minimum Gasteiger partial charge on any atom is -0.268 e. The van der Waals surface area contributed by atoms with Crippen LogP contribution < -0.4 is 5.56 Å². The van der Waals surface area contributed by atoms with Crippen LogP contribution in [-0.4, -0.2) is 14.4 Å². The van der Waals surface area contributed by atoms with Crippen LogP contribution in [0.1, 0.15) is 5.82 Å². The minimum atomic E-state index is -0.0682. The van der Waals surface area contributed by atoms with Crippen LogP contribution in [0.4, 0.5) is 0 Å². The van der Waals surface area contributed by atoms with E-state index in [9.17, 15) is 4.79 Å². The van der Waals surface area contributed by atoms with E-state index in [-0.39, 0.29) is 5.56 Å². The Morgan fingerprint density at radius 2 is 1.45 bits per heavy atom. The fourth-order valence-electron chi connectivity index (χ4n) is 2.60. The van der Waals surface area contributed by atoms with Crippen molar-refractivity contribution < 1.29 is 0 Å². The molecule has 0 aliphatic carbocycles. The van der Waals surface area contributed by atoms with E-state index in [1.165, 1.54) is 0 Å². The molecule has 4 nitrogen and oxygen atoms in total. The minimum absolute atomic E-state index is 0.0682. The number of fused-ring (bicyclic) bond motifs is 4. The van der Waals surface area contributed by atoms with E-state index in [2.05, 4.69) is 9.97 Å². The average molecular weight is 261 g/mol. The van der Waals surface area contributed by atoms with Crippen molar-refractivity contribution in [2.75, 3.05) is 0 Å². The van der Waals surface area contributed by atoms with Gasteiger partial charge < -0.3 is 0 Å². The molecule has 4 aromatic rings. The van der Waals surface area contributed by atoms with Crippen LogP contribution in [0.5, 0.6) is 0 Å². The van der Waals surface area contributed by atoms with Crippen molar-refractivity contribution in [3.8, 4) is 0 Å². The third-order valence-corrected chi connectivity index (χ3v) is 3.53. The molecule has 0 spiro atoms. The molecule has 0 radical (unpaired) electrons. The molecular weight excluding hydrogens is 250 g/mol. The number of nitrogens with zero attached hydrogens (tertiary/aromatic N) is 3. The predicted molar refractivity (Wildman–Crippen MR) is 79.0 cm³/mol. The lowest BCUT2D eigenvalue weighted by Crippen LogP contribution is -2.18. The van der Waals surface area contributed by atoms with Crippen molar-refractivity contribution in [3.63, 3.8) is 0 Å². The SMILES string of the molecule is Cc1nc2ccccc2c2nc3ccccc3c(=O)n12. The van der Waals surface area contributed by atoms with Crippen molar-refractivity contribution >= 4 is 27.5 Å². The summed E-state index contributed by atoms with van der Waals surface area (Å²) in [5.74, 6) is 0.655. The second kappa shape index (κ2) is 3.87. The molecule has 96 valence electrons. The van der Waals surface area contributed by atoms with Crippen LogP contribution >= 0.6 is 0 Å². The Bertz CT molecular complexity index is 1030. The Morgan fingerprint density at radius 1 is 0.850 bits per heavy atom. The number of rotatable bonds is 0. The van der Waals surface area contributed by atoms with Crippen LogP contribution in [0.15, 0.2) is 53.3 Å². The molecule has 0 unspecified atom stereocenters. The zero-order chi connectivity index (χ0) is 13.7. The summed E-state index contributed by atoms with van der Waals surface area (Å²) < 4.78 is 1.59. The number of aryl methyl sites for hydroxylation is 1. The quantitative estimate of drug-likeness (QED) is 0.361. The van der Waals surface area contributed by atoms with Crippen molar-refractivity contribution in [3.05, 3.63) is 64.7 Å². The zero-order valence-electron chi connectivity index (χ0n) is 10.9. The Hall–Kier alpha value is -2.75. The van der Waals surface area contributed by atoms with Crippen LogP contribution in [0.3, 0.4) is 0 Å². The van der Waals surface area contributed by atoms with E-state index < -0.39 is 0 Å². The predicted octanol–water partition coefficient (Wildman–Crippen LogP) is 2.70. The van der Waals surface area contributed by atoms with Crippen LogP contribution in [0.2, 0.25) is 0 Å². The van der Waals surface area contributed by atoms with Gasteiger partial charge in [-0.25, -0.2) is 14.4 Å². The number of benzene rings is 2. The van der Waals surface area contributed by atoms with E-state index >= 15 is 0 Å². The molecule has 4 rings (SSSR count). The van der Waals surface area contributed by atoms with E-state index in [1.807, 2.05) is 49.4 Å². The fourth-order valence-corrected chi connectivity index (χ4v) is 2.60. The summed E-state index contributed by atoms with van der Waals surface area (Å²) in [6.45, 7) is 1.83. The maximum absolute atomic E-state index is 12.6. The van der Waals surface area contributed by atoms with Crippen LogP contribution in [0, 0.1) is 6.92 Å². The normalized spacial score (nSPS) is 11.4. The van der Waals surface area contributed by atoms with Crippen LogP contribution in [0.25, 0.3) is 27.5 Å². The van der Waals surface area contributed by atoms with Gasteiger partial charge in [0.05, 0.1) is 16.4 Å². The summed E-state index contributed by atoms with van der Waals surface area (Å²) in [6, 6.07) is 15.1. The van der Waals surface area contributed by atoms with Gasteiger partial charge in [-0.05, 0) is 31.2 Å². The lowest BCUT2D eigenvalue weighted by atomic mass is 10.2. The molecule has 0 N–H and O–H groups in total. The maximum Gasteiger partial charge on any atom is 0.267 e. The third-order valence-electron chi connectivity index (χ3n) is 3.53. The average Bonchev–Trinajstić information content (AvgIpc) is 2.47. The number of hydrogen-bond donors (Lipinski definition) is 0. The molecule has 0 fully saturated rings. The van der Waals surface area contributed by atoms with Crippen molar-refractivity contribution in [2.24, 2.45) is 0 Å². The van der Waals surface area contributed by atoms with Gasteiger partial charge in [0.2, 0.25) is 0 Å². The molecule has 2 aromatic carbocycles. The summed E-state index contributed by atoms with van der Waals surface area (Å²) in [5, 5.41) is 1.51. The van der Waals surface area contributed by atoms with Crippen molar-refractivity contribution in [1.82, 2.24) is 14.4 Å². The molecule has 2 aromatic heterocycles. The molecule has 0 aliphatic rings. The highest BCUT2D eigenvalue weighted by Gasteiger charge is 2.10. The summed E-state index contributed by atoms with van der Waals surface area (Å²) in [7, 11) is 0. The third kappa shape index (κ3) is 1.39. The van der Waals surface area contributed by atoms with E-state index in [1.54, 1.807) is 10.5 Å². The van der Waals surface area contributed by atoms with E-state index in [0.717, 1.165) is 10.9 Å². The van der Waals surface area contributed by atoms with Gasteiger partial charge in [-0.2, -0.15) is 0 Å². The Kier molecular flexibility index (Phi) is 2.15. The second-order valence-corrected chi connectivity index (χ2v) is 4.77. The first kappa shape index (κ1) is 11.1. The highest BCUT2D eigenvalue weighted by atomic mass is 16.1. The van der Waals surface area contributed by atoms with Gasteiger partial charge in [-0.1, -0.05) is 24.3 Å². The highest BCUT2D eigenvalue weighted by molar-refractivity contribution is 5.93. The zero-order valence-corrected chi connectivity index (χ0v) is 10.9. The van der Waals surface area contributed by atoms with E-state index in [0.29, 0.717) is 22.4 Å². The molecule has 20 heavy (non-hydrogen) atoms. The maximum atomic E-state index is 12.6. The molecule has 4 heteroatoms. The first-order valence-corrected chi connectivity index (χ1v) is 6.42. The van der Waals surface area contributed by atoms with Gasteiger partial charge in [0, 0.05) is 5.39 Å². The molecule has 0 saturated carbocycles. The Labute approximate surface area is 114 Å². The smallest absolute Gasteiger partial charge is 0.267 e. The molecule has 0 atom stereocenters. The topological polar surface area (TPSA) is 47.3 Å². The highest BCUT2D eigenvalue weighted by Crippen LogP contribution is 2.18. The van der Waals surface area contributed by atoms with Gasteiger partial charge in [-0.3, -0.25) is 4.79 Å². The molecular formula is C16H11N3O. The number of aromatic nitrogens is 3. The Balaban J connectivity index is 2.39. The summed E-state index contributed by atoms with van der Waals surface area (Å²) in [4.78, 5) is 21.8. The fraction of sp³-hybridized carbons (Fsp3) is 0.0625. The molecule has 0 saturated heterocycles. The van der Waals surface area contributed by atoms with E-state index in [4.69, 9.17) is 0 Å². The first-order valence-electron chi connectivity index (χ1n) is 6.42. The second-order valence-electron chi connectivity index (χ2n) is 4.77. The first-order chi connectivity index (χ1) is 9.75. The summed E-state index contributed by atoms with van der Waals surface area (Å²) >= 11 is 0. The lowest BCUT2D eigenvalue weighted by molar-refractivity contribution is 0.960. The van der Waals surface area contributed by atoms with Crippen LogP contribution in [-0.2, 0) is 0 Å². The Morgan fingerprint density at radius 3 is 2.20 bits per heavy atom. The van der Waals surface area contributed by atoms with Gasteiger partial charge >= 0.3 is 0 Å². The van der Waals surface area contributed by atoms with Gasteiger partial charge in [0.15, 0.2) is 5.65 Å². The largest absolute Gasteiger partial charge is 0.268 e.